The van der Waals surface area contributed by atoms with E-state index in [-0.39, 0.29) is 11.9 Å². The molecule has 0 N–H and O–H groups in total. The lowest BCUT2D eigenvalue weighted by molar-refractivity contribution is -0.145. The van der Waals surface area contributed by atoms with Crippen LogP contribution in [0.2, 0.25) is 5.02 Å². The minimum atomic E-state index is -0.0752. The molecule has 2 aromatic carbocycles. The number of hydrogen-bond acceptors (Lipinski definition) is 6. The Kier molecular flexibility index (Phi) is 6.79. The maximum Gasteiger partial charge on any atom is 0.308 e. The summed E-state index contributed by atoms with van der Waals surface area (Å²) >= 11 is 6.04. The number of hydrogen-bond donors (Lipinski definition) is 0. The zero-order valence-corrected chi connectivity index (χ0v) is 20.0. The monoisotopic (exact) mass is 477 g/mol. The average molecular weight is 478 g/mol. The number of nitrogens with zero attached hydrogens (tertiary/aromatic N) is 3. The summed E-state index contributed by atoms with van der Waals surface area (Å²) in [7, 11) is 1.48. The van der Waals surface area contributed by atoms with Crippen molar-refractivity contribution in [3.8, 4) is 17.1 Å². The van der Waals surface area contributed by atoms with Crippen LogP contribution in [0, 0.1) is 5.92 Å². The Hall–Kier alpha value is -2.96. The fourth-order valence-corrected chi connectivity index (χ4v) is 5.17. The van der Waals surface area contributed by atoms with Gasteiger partial charge in [-0.3, -0.25) is 9.69 Å². The van der Waals surface area contributed by atoms with Gasteiger partial charge in [-0.15, -0.1) is 0 Å². The zero-order valence-electron chi connectivity index (χ0n) is 19.2. The van der Waals surface area contributed by atoms with Crippen LogP contribution in [0.1, 0.15) is 36.1 Å². The molecule has 3 aromatic rings. The van der Waals surface area contributed by atoms with Crippen LogP contribution in [-0.2, 0) is 29.1 Å². The van der Waals surface area contributed by atoms with Crippen molar-refractivity contribution in [2.45, 2.75) is 44.9 Å². The highest BCUT2D eigenvalue weighted by molar-refractivity contribution is 6.30. The van der Waals surface area contributed by atoms with E-state index in [4.69, 9.17) is 26.1 Å². The molecule has 7 heteroatoms. The normalized spacial score (nSPS) is 20.1. The van der Waals surface area contributed by atoms with Gasteiger partial charge in [-0.2, -0.15) is 0 Å². The first-order valence-corrected chi connectivity index (χ1v) is 12.1. The summed E-state index contributed by atoms with van der Waals surface area (Å²) in [5.41, 5.74) is 4.29. The summed E-state index contributed by atoms with van der Waals surface area (Å²) in [5, 5.41) is 0.706. The van der Waals surface area contributed by atoms with Crippen molar-refractivity contribution >= 4 is 17.6 Å². The number of halogens is 1. The van der Waals surface area contributed by atoms with Crippen molar-refractivity contribution in [1.82, 2.24) is 14.9 Å². The Morgan fingerprint density at radius 1 is 1.18 bits per heavy atom. The molecule has 176 valence electrons. The number of benzene rings is 2. The number of ether oxygens (including phenoxy) is 2. The lowest BCUT2D eigenvalue weighted by atomic mass is 10.0. The Morgan fingerprint density at radius 3 is 2.82 bits per heavy atom. The van der Waals surface area contributed by atoms with E-state index in [1.807, 2.05) is 54.7 Å². The summed E-state index contributed by atoms with van der Waals surface area (Å²) < 4.78 is 10.8. The van der Waals surface area contributed by atoms with Gasteiger partial charge in [0.2, 0.25) is 0 Å². The fraction of sp³-hybridized carbons (Fsp3) is 0.370. The predicted octanol–water partition coefficient (Wildman–Crippen LogP) is 5.08. The van der Waals surface area contributed by atoms with Crippen molar-refractivity contribution < 1.29 is 14.3 Å². The molecule has 0 amide bonds. The van der Waals surface area contributed by atoms with Gasteiger partial charge in [0.15, 0.2) is 5.82 Å². The van der Waals surface area contributed by atoms with Gasteiger partial charge in [-0.25, -0.2) is 9.97 Å². The lowest BCUT2D eigenvalue weighted by Crippen LogP contribution is -2.38. The molecule has 2 aliphatic rings. The molecule has 2 unspecified atom stereocenters. The first-order chi connectivity index (χ1) is 16.6. The molecule has 1 aromatic heterocycles. The number of esters is 1. The van der Waals surface area contributed by atoms with Gasteiger partial charge in [0.05, 0.1) is 18.7 Å². The fourth-order valence-electron chi connectivity index (χ4n) is 4.95. The quantitative estimate of drug-likeness (QED) is 0.461. The van der Waals surface area contributed by atoms with E-state index >= 15 is 0 Å². The first-order valence-electron chi connectivity index (χ1n) is 11.7. The van der Waals surface area contributed by atoms with Crippen molar-refractivity contribution in [2.75, 3.05) is 13.7 Å². The molecule has 1 aliphatic heterocycles. The van der Waals surface area contributed by atoms with E-state index in [1.54, 1.807) is 0 Å². The third kappa shape index (κ3) is 5.08. The second-order valence-corrected chi connectivity index (χ2v) is 9.45. The number of rotatable bonds is 6. The van der Waals surface area contributed by atoms with Gasteiger partial charge in [0.1, 0.15) is 12.4 Å². The van der Waals surface area contributed by atoms with Crippen LogP contribution in [0.5, 0.6) is 5.75 Å². The van der Waals surface area contributed by atoms with Crippen molar-refractivity contribution in [1.29, 1.82) is 0 Å². The summed E-state index contributed by atoms with van der Waals surface area (Å²) in [6, 6.07) is 16.0. The summed E-state index contributed by atoms with van der Waals surface area (Å²) in [4.78, 5) is 23.9. The van der Waals surface area contributed by atoms with E-state index in [1.165, 1.54) is 12.7 Å². The van der Waals surface area contributed by atoms with Crippen LogP contribution < -0.4 is 4.74 Å². The highest BCUT2D eigenvalue weighted by atomic mass is 35.5. The van der Waals surface area contributed by atoms with Crippen LogP contribution in [0.25, 0.3) is 11.4 Å². The molecule has 0 saturated heterocycles. The number of carbonyl (C=O) groups is 1. The molecule has 2 heterocycles. The molecule has 0 spiro atoms. The molecule has 0 bridgehead atoms. The van der Waals surface area contributed by atoms with Crippen LogP contribution >= 0.6 is 11.6 Å². The SMILES string of the molecule is COC(=O)C1CCC(N2CCc3nc(-c4ccc(OCc5cccc(Cl)c5)cc4)ncc3C2)C1. The molecule has 2 atom stereocenters. The smallest absolute Gasteiger partial charge is 0.308 e. The third-order valence-corrected chi connectivity index (χ3v) is 7.06. The van der Waals surface area contributed by atoms with E-state index in [2.05, 4.69) is 9.88 Å². The topological polar surface area (TPSA) is 64.5 Å². The minimum absolute atomic E-state index is 0.0347. The largest absolute Gasteiger partial charge is 0.489 e. The molecular weight excluding hydrogens is 450 g/mol. The van der Waals surface area contributed by atoms with Crippen LogP contribution in [0.4, 0.5) is 0 Å². The molecule has 1 aliphatic carbocycles. The summed E-state index contributed by atoms with van der Waals surface area (Å²) in [6.07, 6.45) is 5.69. The molecular formula is C27H28ClN3O3. The van der Waals surface area contributed by atoms with Crippen LogP contribution in [0.3, 0.4) is 0 Å². The second-order valence-electron chi connectivity index (χ2n) is 9.02. The molecule has 0 radical (unpaired) electrons. The summed E-state index contributed by atoms with van der Waals surface area (Å²) in [5.74, 6) is 1.49. The van der Waals surface area contributed by atoms with Gasteiger partial charge in [-0.1, -0.05) is 23.7 Å². The molecule has 6 nitrogen and oxygen atoms in total. The minimum Gasteiger partial charge on any atom is -0.489 e. The third-order valence-electron chi connectivity index (χ3n) is 6.83. The van der Waals surface area contributed by atoms with Gasteiger partial charge in [0.25, 0.3) is 0 Å². The van der Waals surface area contributed by atoms with Gasteiger partial charge < -0.3 is 9.47 Å². The van der Waals surface area contributed by atoms with Crippen molar-refractivity contribution in [3.05, 3.63) is 76.6 Å². The molecule has 1 fully saturated rings. The maximum atomic E-state index is 11.9. The van der Waals surface area contributed by atoms with Crippen LogP contribution in [-0.4, -0.2) is 40.5 Å². The number of aromatic nitrogens is 2. The van der Waals surface area contributed by atoms with Crippen LogP contribution in [0.15, 0.2) is 54.7 Å². The van der Waals surface area contributed by atoms with E-state index in [9.17, 15) is 4.79 Å². The summed E-state index contributed by atoms with van der Waals surface area (Å²) in [6.45, 7) is 2.26. The van der Waals surface area contributed by atoms with Gasteiger partial charge >= 0.3 is 5.97 Å². The molecule has 5 rings (SSSR count). The van der Waals surface area contributed by atoms with E-state index < -0.39 is 0 Å². The molecule has 34 heavy (non-hydrogen) atoms. The van der Waals surface area contributed by atoms with Gasteiger partial charge in [0, 0.05) is 47.9 Å². The average Bonchev–Trinajstić information content (AvgIpc) is 3.37. The Labute approximate surface area is 204 Å². The number of fused-ring (bicyclic) bond motifs is 1. The lowest BCUT2D eigenvalue weighted by Gasteiger charge is -2.33. The number of carbonyl (C=O) groups excluding carboxylic acids is 1. The zero-order chi connectivity index (χ0) is 23.5. The van der Waals surface area contributed by atoms with Crippen molar-refractivity contribution in [2.24, 2.45) is 5.92 Å². The van der Waals surface area contributed by atoms with E-state index in [0.717, 1.165) is 67.2 Å². The predicted molar refractivity (Wildman–Crippen MR) is 131 cm³/mol. The highest BCUT2D eigenvalue weighted by Crippen LogP contribution is 2.33. The molecule has 1 saturated carbocycles. The van der Waals surface area contributed by atoms with Crippen molar-refractivity contribution in [3.63, 3.8) is 0 Å². The Balaban J connectivity index is 1.21. The van der Waals surface area contributed by atoms with Gasteiger partial charge in [-0.05, 0) is 61.2 Å². The standard InChI is InChI=1S/C27H28ClN3O3/c1-33-27(32)20-5-8-23(14-20)31-12-11-25-21(16-31)15-29-26(30-25)19-6-9-24(10-7-19)34-17-18-3-2-4-22(28)13-18/h2-4,6-7,9-10,13,15,20,23H,5,8,11-12,14,16-17H2,1H3. The Morgan fingerprint density at radius 2 is 2.03 bits per heavy atom. The number of methoxy groups -OCH3 is 1. The van der Waals surface area contributed by atoms with E-state index in [0.29, 0.717) is 17.7 Å². The maximum absolute atomic E-state index is 11.9. The first kappa shape index (κ1) is 22.8. The Bertz CT molecular complexity index is 1170. The second kappa shape index (κ2) is 10.1. The highest BCUT2D eigenvalue weighted by Gasteiger charge is 2.35.